The van der Waals surface area contributed by atoms with Gasteiger partial charge in [0.1, 0.15) is 0 Å². The summed E-state index contributed by atoms with van der Waals surface area (Å²) in [7, 11) is 0. The topological polar surface area (TPSA) is 52.6 Å². The normalized spacial score (nSPS) is 15.4. The van der Waals surface area contributed by atoms with Gasteiger partial charge in [-0.1, -0.05) is 6.08 Å². The molecule has 0 spiro atoms. The number of nitrogens with zero attached hydrogens (tertiary/aromatic N) is 1. The summed E-state index contributed by atoms with van der Waals surface area (Å²) in [5, 5.41) is 10.0. The third kappa shape index (κ3) is 2.02. The molecule has 4 nitrogen and oxygen atoms in total. The maximum atomic E-state index is 10.0. The Morgan fingerprint density at radius 1 is 1.60 bits per heavy atom. The quantitative estimate of drug-likeness (QED) is 0.562. The molecule has 1 aliphatic rings. The predicted molar refractivity (Wildman–Crippen MR) is 38.9 cm³/mol. The van der Waals surface area contributed by atoms with E-state index < -0.39 is 6.09 Å². The van der Waals surface area contributed by atoms with Crippen molar-refractivity contribution in [3.8, 4) is 0 Å². The minimum atomic E-state index is -1.06. The molecule has 0 fully saturated rings. The van der Waals surface area contributed by atoms with Crippen LogP contribution in [-0.4, -0.2) is 15.6 Å². The second-order valence-corrected chi connectivity index (χ2v) is 2.39. The van der Waals surface area contributed by atoms with Crippen LogP contribution >= 0.6 is 11.9 Å². The summed E-state index contributed by atoms with van der Waals surface area (Å²) in [6, 6.07) is 0. The molecule has 0 bridgehead atoms. The Morgan fingerprint density at radius 2 is 2.40 bits per heavy atom. The van der Waals surface area contributed by atoms with Crippen LogP contribution < -0.4 is 5.43 Å². The van der Waals surface area contributed by atoms with Crippen molar-refractivity contribution in [1.29, 1.82) is 0 Å². The Morgan fingerprint density at radius 3 is 2.90 bits per heavy atom. The average Bonchev–Trinajstić information content (AvgIpc) is 1.88. The first kappa shape index (κ1) is 7.01. The maximum absolute atomic E-state index is 10.0. The van der Waals surface area contributed by atoms with Gasteiger partial charge in [0, 0.05) is 18.1 Å². The van der Waals surface area contributed by atoms with Gasteiger partial charge in [0.25, 0.3) is 0 Å². The van der Waals surface area contributed by atoms with Crippen molar-refractivity contribution in [3.05, 3.63) is 23.8 Å². The summed E-state index contributed by atoms with van der Waals surface area (Å²) >= 11 is 1.27. The zero-order valence-electron chi connectivity index (χ0n) is 5.02. The van der Waals surface area contributed by atoms with E-state index in [1.165, 1.54) is 16.4 Å². The first-order valence-electron chi connectivity index (χ1n) is 2.58. The zero-order chi connectivity index (χ0) is 7.40. The fourth-order valence-electron chi connectivity index (χ4n) is 0.467. The van der Waals surface area contributed by atoms with Crippen LogP contribution in [0.15, 0.2) is 23.8 Å². The minimum absolute atomic E-state index is 1.06. The van der Waals surface area contributed by atoms with E-state index in [0.29, 0.717) is 0 Å². The third-order valence-electron chi connectivity index (χ3n) is 0.791. The number of carbonyl (C=O) groups is 1. The number of allylic oxidation sites excluding steroid dienone is 2. The Hall–Kier alpha value is -1.10. The van der Waals surface area contributed by atoms with E-state index in [4.69, 9.17) is 5.11 Å². The number of rotatable bonds is 1. The van der Waals surface area contributed by atoms with Gasteiger partial charge in [-0.2, -0.15) is 0 Å². The van der Waals surface area contributed by atoms with Gasteiger partial charge in [-0.3, -0.25) is 0 Å². The number of hydrogen-bond acceptors (Lipinski definition) is 3. The monoisotopic (exact) mass is 158 g/mol. The van der Waals surface area contributed by atoms with E-state index in [9.17, 15) is 4.79 Å². The molecule has 1 amide bonds. The standard InChI is InChI=1S/C5H6N2O2S/c8-5(9)6-7-3-1-2-4-10-7/h1-4,6H,(H,8,9). The summed E-state index contributed by atoms with van der Waals surface area (Å²) in [5.74, 6) is 0. The molecule has 0 aromatic heterocycles. The average molecular weight is 158 g/mol. The van der Waals surface area contributed by atoms with Crippen LogP contribution in [0.4, 0.5) is 4.79 Å². The van der Waals surface area contributed by atoms with Crippen molar-refractivity contribution in [1.82, 2.24) is 9.84 Å². The Balaban J connectivity index is 2.37. The lowest BCUT2D eigenvalue weighted by Gasteiger charge is -2.16. The van der Waals surface area contributed by atoms with Gasteiger partial charge in [-0.05, 0) is 11.5 Å². The molecule has 0 aromatic rings. The largest absolute Gasteiger partial charge is 0.464 e. The van der Waals surface area contributed by atoms with Gasteiger partial charge in [-0.15, -0.1) is 0 Å². The zero-order valence-corrected chi connectivity index (χ0v) is 5.84. The Labute approximate surface area is 62.3 Å². The van der Waals surface area contributed by atoms with E-state index in [1.54, 1.807) is 17.7 Å². The number of hydrogen-bond donors (Lipinski definition) is 2. The molecule has 2 N–H and O–H groups in total. The van der Waals surface area contributed by atoms with Gasteiger partial charge >= 0.3 is 6.09 Å². The lowest BCUT2D eigenvalue weighted by atomic mass is 10.6. The van der Waals surface area contributed by atoms with Crippen LogP contribution in [0.25, 0.3) is 0 Å². The second kappa shape index (κ2) is 3.17. The molecule has 0 radical (unpaired) electrons. The van der Waals surface area contributed by atoms with Crippen molar-refractivity contribution in [3.63, 3.8) is 0 Å². The maximum Gasteiger partial charge on any atom is 0.424 e. The molecule has 0 aliphatic carbocycles. The van der Waals surface area contributed by atoms with Crippen LogP contribution in [0.3, 0.4) is 0 Å². The molecule has 1 aliphatic heterocycles. The van der Waals surface area contributed by atoms with E-state index >= 15 is 0 Å². The van der Waals surface area contributed by atoms with E-state index in [2.05, 4.69) is 5.43 Å². The van der Waals surface area contributed by atoms with Crippen LogP contribution in [0.2, 0.25) is 0 Å². The fourth-order valence-corrected chi connectivity index (χ4v) is 1.03. The summed E-state index contributed by atoms with van der Waals surface area (Å²) in [4.78, 5) is 10.0. The summed E-state index contributed by atoms with van der Waals surface area (Å²) < 4.78 is 1.39. The highest BCUT2D eigenvalue weighted by Crippen LogP contribution is 2.12. The highest BCUT2D eigenvalue weighted by atomic mass is 32.2. The highest BCUT2D eigenvalue weighted by molar-refractivity contribution is 8.00. The molecule has 0 atom stereocenters. The molecule has 0 aromatic carbocycles. The minimum Gasteiger partial charge on any atom is -0.464 e. The first-order valence-corrected chi connectivity index (χ1v) is 3.41. The van der Waals surface area contributed by atoms with Crippen molar-refractivity contribution in [2.75, 3.05) is 0 Å². The van der Waals surface area contributed by atoms with E-state index in [0.717, 1.165) is 0 Å². The molecule has 54 valence electrons. The molecule has 10 heavy (non-hydrogen) atoms. The van der Waals surface area contributed by atoms with E-state index in [-0.39, 0.29) is 0 Å². The van der Waals surface area contributed by atoms with Crippen LogP contribution in [-0.2, 0) is 0 Å². The SMILES string of the molecule is O=C(O)NN1C=CC=CS1. The van der Waals surface area contributed by atoms with Gasteiger partial charge in [0.2, 0.25) is 0 Å². The van der Waals surface area contributed by atoms with Crippen molar-refractivity contribution >= 4 is 18.0 Å². The molecule has 0 saturated heterocycles. The van der Waals surface area contributed by atoms with E-state index in [1.807, 2.05) is 6.08 Å². The van der Waals surface area contributed by atoms with Gasteiger partial charge < -0.3 is 5.11 Å². The van der Waals surface area contributed by atoms with Crippen LogP contribution in [0, 0.1) is 0 Å². The van der Waals surface area contributed by atoms with Crippen molar-refractivity contribution in [2.24, 2.45) is 0 Å². The summed E-state index contributed by atoms with van der Waals surface area (Å²) in [6.45, 7) is 0. The molecular formula is C5H6N2O2S. The van der Waals surface area contributed by atoms with Gasteiger partial charge in [-0.25, -0.2) is 14.6 Å². The smallest absolute Gasteiger partial charge is 0.424 e. The number of nitrogens with one attached hydrogen (secondary N) is 1. The van der Waals surface area contributed by atoms with Crippen LogP contribution in [0.1, 0.15) is 0 Å². The third-order valence-corrected chi connectivity index (χ3v) is 1.51. The van der Waals surface area contributed by atoms with Gasteiger partial charge in [0.05, 0.1) is 0 Å². The lowest BCUT2D eigenvalue weighted by Crippen LogP contribution is -2.32. The first-order chi connectivity index (χ1) is 4.79. The predicted octanol–water partition coefficient (Wildman–Crippen LogP) is 1.16. The second-order valence-electron chi connectivity index (χ2n) is 1.52. The summed E-state index contributed by atoms with van der Waals surface area (Å²) in [5.41, 5.74) is 2.16. The Kier molecular flexibility index (Phi) is 2.22. The number of carboxylic acid groups (broad SMARTS) is 1. The molecule has 1 heterocycles. The molecule has 0 unspecified atom stereocenters. The Bertz CT molecular complexity index is 190. The highest BCUT2D eigenvalue weighted by Gasteiger charge is 2.02. The molecular weight excluding hydrogens is 152 g/mol. The number of hydrazine groups is 1. The fraction of sp³-hybridized carbons (Fsp3) is 0. The van der Waals surface area contributed by atoms with Crippen molar-refractivity contribution < 1.29 is 9.90 Å². The molecule has 1 rings (SSSR count). The number of amides is 1. The van der Waals surface area contributed by atoms with Gasteiger partial charge in [0.15, 0.2) is 0 Å². The van der Waals surface area contributed by atoms with Crippen molar-refractivity contribution in [2.45, 2.75) is 0 Å². The molecule has 5 heteroatoms. The summed E-state index contributed by atoms with van der Waals surface area (Å²) in [6.07, 6.45) is 4.13. The lowest BCUT2D eigenvalue weighted by molar-refractivity contribution is 0.182. The molecule has 0 saturated carbocycles. The van der Waals surface area contributed by atoms with Crippen LogP contribution in [0.5, 0.6) is 0 Å².